The van der Waals surface area contributed by atoms with Crippen LogP contribution in [0.4, 0.5) is 4.39 Å². The van der Waals surface area contributed by atoms with E-state index in [1.165, 1.54) is 6.07 Å². The molecule has 3 aromatic carbocycles. The molecule has 0 saturated carbocycles. The standard InChI is InChI=1S/C23H21ClFNO2/c24-20-10-12-21(13-11-20)28-16-23(27)26-15-19(17-6-2-1-3-7-17)14-18-8-4-5-9-22(18)25/h1-13,19H,14-16H2,(H,26,27)/t19-/m0/s1. The number of rotatable bonds is 8. The molecule has 0 bridgehead atoms. The normalized spacial score (nSPS) is 11.6. The van der Waals surface area contributed by atoms with Gasteiger partial charge in [0.05, 0.1) is 0 Å². The lowest BCUT2D eigenvalue weighted by molar-refractivity contribution is -0.123. The van der Waals surface area contributed by atoms with E-state index in [0.717, 1.165) is 5.56 Å². The van der Waals surface area contributed by atoms with Crippen molar-refractivity contribution in [2.24, 2.45) is 0 Å². The van der Waals surface area contributed by atoms with Crippen molar-refractivity contribution in [1.82, 2.24) is 5.32 Å². The van der Waals surface area contributed by atoms with Crippen LogP contribution in [0.5, 0.6) is 5.75 Å². The van der Waals surface area contributed by atoms with Crippen LogP contribution in [0.15, 0.2) is 78.9 Å². The summed E-state index contributed by atoms with van der Waals surface area (Å²) in [5.41, 5.74) is 1.67. The average Bonchev–Trinajstić information content (AvgIpc) is 2.72. The molecule has 1 N–H and O–H groups in total. The van der Waals surface area contributed by atoms with Crippen molar-refractivity contribution < 1.29 is 13.9 Å². The SMILES string of the molecule is O=C(COc1ccc(Cl)cc1)NC[C@H](Cc1ccccc1F)c1ccccc1. The molecule has 28 heavy (non-hydrogen) atoms. The number of benzene rings is 3. The molecule has 144 valence electrons. The number of nitrogens with one attached hydrogen (secondary N) is 1. The molecule has 0 spiro atoms. The van der Waals surface area contributed by atoms with Gasteiger partial charge in [-0.05, 0) is 47.9 Å². The Hall–Kier alpha value is -2.85. The first-order valence-electron chi connectivity index (χ1n) is 9.05. The maximum absolute atomic E-state index is 14.1. The second kappa shape index (κ2) is 9.90. The van der Waals surface area contributed by atoms with Crippen LogP contribution < -0.4 is 10.1 Å². The van der Waals surface area contributed by atoms with Gasteiger partial charge in [0, 0.05) is 17.5 Å². The fourth-order valence-electron chi connectivity index (χ4n) is 2.93. The van der Waals surface area contributed by atoms with Gasteiger partial charge in [-0.3, -0.25) is 4.79 Å². The molecule has 5 heteroatoms. The molecule has 0 unspecified atom stereocenters. The van der Waals surface area contributed by atoms with Gasteiger partial charge in [-0.15, -0.1) is 0 Å². The molecule has 0 aliphatic heterocycles. The van der Waals surface area contributed by atoms with Gasteiger partial charge < -0.3 is 10.1 Å². The molecular weight excluding hydrogens is 377 g/mol. The van der Waals surface area contributed by atoms with Gasteiger partial charge in [-0.2, -0.15) is 0 Å². The number of halogens is 2. The molecule has 0 fully saturated rings. The van der Waals surface area contributed by atoms with Gasteiger partial charge in [-0.1, -0.05) is 60.1 Å². The fourth-order valence-corrected chi connectivity index (χ4v) is 3.06. The topological polar surface area (TPSA) is 38.3 Å². The predicted molar refractivity (Wildman–Crippen MR) is 109 cm³/mol. The van der Waals surface area contributed by atoms with E-state index in [1.807, 2.05) is 36.4 Å². The summed E-state index contributed by atoms with van der Waals surface area (Å²) in [6, 6.07) is 23.3. The molecule has 3 rings (SSSR count). The van der Waals surface area contributed by atoms with Crippen molar-refractivity contribution in [3.63, 3.8) is 0 Å². The summed E-state index contributed by atoms with van der Waals surface area (Å²) in [6.07, 6.45) is 0.495. The van der Waals surface area contributed by atoms with E-state index in [9.17, 15) is 9.18 Å². The highest BCUT2D eigenvalue weighted by atomic mass is 35.5. The first kappa shape index (κ1) is 19.9. The zero-order valence-corrected chi connectivity index (χ0v) is 16.0. The van der Waals surface area contributed by atoms with Crippen molar-refractivity contribution in [1.29, 1.82) is 0 Å². The predicted octanol–water partition coefficient (Wildman–Crippen LogP) is 5.00. The largest absolute Gasteiger partial charge is 0.484 e. The molecule has 0 aliphatic carbocycles. The Bertz CT molecular complexity index is 900. The lowest BCUT2D eigenvalue weighted by Gasteiger charge is -2.19. The fraction of sp³-hybridized carbons (Fsp3) is 0.174. The lowest BCUT2D eigenvalue weighted by Crippen LogP contribution is -2.33. The van der Waals surface area contributed by atoms with E-state index >= 15 is 0 Å². The van der Waals surface area contributed by atoms with Crippen molar-refractivity contribution in [3.05, 3.63) is 101 Å². The highest BCUT2D eigenvalue weighted by Gasteiger charge is 2.16. The number of hydrogen-bond donors (Lipinski definition) is 1. The molecule has 1 atom stereocenters. The van der Waals surface area contributed by atoms with Crippen LogP contribution in [0, 0.1) is 5.82 Å². The van der Waals surface area contributed by atoms with Crippen LogP contribution in [0.25, 0.3) is 0 Å². The minimum absolute atomic E-state index is 0.0439. The second-order valence-electron chi connectivity index (χ2n) is 6.45. The Morgan fingerprint density at radius 1 is 0.964 bits per heavy atom. The van der Waals surface area contributed by atoms with Crippen LogP contribution in [0.3, 0.4) is 0 Å². The third-order valence-corrected chi connectivity index (χ3v) is 4.68. The highest BCUT2D eigenvalue weighted by Crippen LogP contribution is 2.22. The van der Waals surface area contributed by atoms with Gasteiger partial charge >= 0.3 is 0 Å². The maximum Gasteiger partial charge on any atom is 0.257 e. The van der Waals surface area contributed by atoms with E-state index in [-0.39, 0.29) is 24.2 Å². The molecule has 0 aromatic heterocycles. The van der Waals surface area contributed by atoms with Gasteiger partial charge in [0.2, 0.25) is 0 Å². The second-order valence-corrected chi connectivity index (χ2v) is 6.89. The lowest BCUT2D eigenvalue weighted by atomic mass is 9.91. The summed E-state index contributed by atoms with van der Waals surface area (Å²) in [5, 5.41) is 3.50. The van der Waals surface area contributed by atoms with E-state index in [0.29, 0.717) is 29.3 Å². The van der Waals surface area contributed by atoms with Gasteiger partial charge in [0.1, 0.15) is 11.6 Å². The van der Waals surface area contributed by atoms with Crippen LogP contribution in [0.1, 0.15) is 17.0 Å². The summed E-state index contributed by atoms with van der Waals surface area (Å²) >= 11 is 5.83. The Kier molecular flexibility index (Phi) is 7.04. The number of carbonyl (C=O) groups is 1. The summed E-state index contributed by atoms with van der Waals surface area (Å²) in [5.74, 6) is 0.0633. The monoisotopic (exact) mass is 397 g/mol. The van der Waals surface area contributed by atoms with Crippen LogP contribution in [-0.4, -0.2) is 19.1 Å². The Labute approximate surface area is 169 Å². The minimum atomic E-state index is -0.235. The summed E-state index contributed by atoms with van der Waals surface area (Å²) < 4.78 is 19.6. The third-order valence-electron chi connectivity index (χ3n) is 4.42. The smallest absolute Gasteiger partial charge is 0.257 e. The van der Waals surface area contributed by atoms with Crippen LogP contribution >= 0.6 is 11.6 Å². The highest BCUT2D eigenvalue weighted by molar-refractivity contribution is 6.30. The first-order chi connectivity index (χ1) is 13.6. The molecule has 0 aliphatic rings. The molecular formula is C23H21ClFNO2. The number of carbonyl (C=O) groups excluding carboxylic acids is 1. The molecule has 0 saturated heterocycles. The first-order valence-corrected chi connectivity index (χ1v) is 9.43. The third kappa shape index (κ3) is 5.83. The van der Waals surface area contributed by atoms with Crippen molar-refractivity contribution >= 4 is 17.5 Å². The molecule has 0 radical (unpaired) electrons. The Morgan fingerprint density at radius 3 is 2.36 bits per heavy atom. The summed E-state index contributed by atoms with van der Waals surface area (Å²) in [6.45, 7) is 0.296. The van der Waals surface area contributed by atoms with E-state index in [4.69, 9.17) is 16.3 Å². The number of amides is 1. The summed E-state index contributed by atoms with van der Waals surface area (Å²) in [4.78, 5) is 12.2. The molecule has 0 heterocycles. The van der Waals surface area contributed by atoms with Gasteiger partial charge in [-0.25, -0.2) is 4.39 Å². The van der Waals surface area contributed by atoms with Gasteiger partial charge in [0.15, 0.2) is 6.61 Å². The molecule has 3 aromatic rings. The summed E-state index contributed by atoms with van der Waals surface area (Å²) in [7, 11) is 0. The Balaban J connectivity index is 1.60. The van der Waals surface area contributed by atoms with Crippen molar-refractivity contribution in [2.45, 2.75) is 12.3 Å². The maximum atomic E-state index is 14.1. The van der Waals surface area contributed by atoms with Gasteiger partial charge in [0.25, 0.3) is 5.91 Å². The van der Waals surface area contributed by atoms with E-state index < -0.39 is 0 Å². The number of ether oxygens (including phenoxy) is 1. The van der Waals surface area contributed by atoms with E-state index in [1.54, 1.807) is 36.4 Å². The van der Waals surface area contributed by atoms with E-state index in [2.05, 4.69) is 5.32 Å². The van der Waals surface area contributed by atoms with Crippen molar-refractivity contribution in [3.8, 4) is 5.75 Å². The Morgan fingerprint density at radius 2 is 1.64 bits per heavy atom. The van der Waals surface area contributed by atoms with Crippen LogP contribution in [-0.2, 0) is 11.2 Å². The molecule has 3 nitrogen and oxygen atoms in total. The van der Waals surface area contributed by atoms with Crippen molar-refractivity contribution in [2.75, 3.05) is 13.2 Å². The average molecular weight is 398 g/mol. The molecule has 1 amide bonds. The zero-order chi connectivity index (χ0) is 19.8. The number of hydrogen-bond acceptors (Lipinski definition) is 2. The van der Waals surface area contributed by atoms with Crippen LogP contribution in [0.2, 0.25) is 5.02 Å². The minimum Gasteiger partial charge on any atom is -0.484 e. The quantitative estimate of drug-likeness (QED) is 0.580. The zero-order valence-electron chi connectivity index (χ0n) is 15.3.